The second kappa shape index (κ2) is 7.91. The Balaban J connectivity index is 1.24. The molecule has 3 N–H and O–H groups in total. The second-order valence-electron chi connectivity index (χ2n) is 7.47. The first-order chi connectivity index (χ1) is 14.0. The number of anilines is 1. The van der Waals surface area contributed by atoms with Crippen molar-refractivity contribution in [3.8, 4) is 0 Å². The SMILES string of the molecule is CC(=O)c1ccc(NC(=O)C2CC2C(=O)NCCc2c[nH]c3ccccc23)cc1. The molecule has 1 heterocycles. The van der Waals surface area contributed by atoms with Gasteiger partial charge in [-0.05, 0) is 55.7 Å². The number of nitrogens with one attached hydrogen (secondary N) is 3. The number of hydrogen-bond acceptors (Lipinski definition) is 3. The van der Waals surface area contributed by atoms with Gasteiger partial charge in [0.2, 0.25) is 11.8 Å². The van der Waals surface area contributed by atoms with Crippen LogP contribution in [0.2, 0.25) is 0 Å². The predicted molar refractivity (Wildman–Crippen MR) is 112 cm³/mol. The molecule has 2 aromatic carbocycles. The lowest BCUT2D eigenvalue weighted by Crippen LogP contribution is -2.29. The largest absolute Gasteiger partial charge is 0.361 e. The van der Waals surface area contributed by atoms with Gasteiger partial charge >= 0.3 is 0 Å². The summed E-state index contributed by atoms with van der Waals surface area (Å²) in [4.78, 5) is 39.2. The predicted octanol–water partition coefficient (Wildman–Crippen LogP) is 3.30. The number of aromatic amines is 1. The fourth-order valence-corrected chi connectivity index (χ4v) is 3.59. The van der Waals surface area contributed by atoms with Gasteiger partial charge in [0.25, 0.3) is 0 Å². The summed E-state index contributed by atoms with van der Waals surface area (Å²) in [7, 11) is 0. The van der Waals surface area contributed by atoms with Gasteiger partial charge in [-0.3, -0.25) is 14.4 Å². The van der Waals surface area contributed by atoms with Crippen LogP contribution in [0.15, 0.2) is 54.7 Å². The van der Waals surface area contributed by atoms with E-state index in [1.165, 1.54) is 17.9 Å². The van der Waals surface area contributed by atoms with E-state index in [2.05, 4.69) is 21.7 Å². The minimum Gasteiger partial charge on any atom is -0.361 e. The molecule has 0 radical (unpaired) electrons. The third-order valence-electron chi connectivity index (χ3n) is 5.39. The van der Waals surface area contributed by atoms with Crippen molar-refractivity contribution in [1.29, 1.82) is 0 Å². The van der Waals surface area contributed by atoms with E-state index in [1.54, 1.807) is 24.3 Å². The maximum Gasteiger partial charge on any atom is 0.228 e. The van der Waals surface area contributed by atoms with E-state index in [4.69, 9.17) is 0 Å². The molecule has 0 bridgehead atoms. The molecule has 1 saturated carbocycles. The number of carbonyl (C=O) groups is 3. The van der Waals surface area contributed by atoms with Crippen molar-refractivity contribution in [1.82, 2.24) is 10.3 Å². The molecule has 1 aliphatic rings. The highest BCUT2D eigenvalue weighted by atomic mass is 16.2. The summed E-state index contributed by atoms with van der Waals surface area (Å²) in [6.45, 7) is 2.04. The smallest absolute Gasteiger partial charge is 0.228 e. The highest BCUT2D eigenvalue weighted by Gasteiger charge is 2.47. The fraction of sp³-hybridized carbons (Fsp3) is 0.261. The van der Waals surface area contributed by atoms with E-state index in [1.807, 2.05) is 24.4 Å². The highest BCUT2D eigenvalue weighted by molar-refractivity contribution is 6.00. The van der Waals surface area contributed by atoms with E-state index in [-0.39, 0.29) is 29.4 Å². The van der Waals surface area contributed by atoms with Crippen LogP contribution in [-0.2, 0) is 16.0 Å². The van der Waals surface area contributed by atoms with Gasteiger partial charge < -0.3 is 15.6 Å². The number of amides is 2. The summed E-state index contributed by atoms with van der Waals surface area (Å²) in [5.41, 5.74) is 3.48. The molecule has 2 amide bonds. The zero-order chi connectivity index (χ0) is 20.4. The number of para-hydroxylation sites is 1. The van der Waals surface area contributed by atoms with Crippen LogP contribution in [0.25, 0.3) is 10.9 Å². The molecule has 0 spiro atoms. The first-order valence-electron chi connectivity index (χ1n) is 9.77. The Bertz CT molecular complexity index is 1070. The Morgan fingerprint density at radius 3 is 2.48 bits per heavy atom. The van der Waals surface area contributed by atoms with Crippen LogP contribution in [0, 0.1) is 11.8 Å². The number of fused-ring (bicyclic) bond motifs is 1. The van der Waals surface area contributed by atoms with Crippen molar-refractivity contribution in [2.45, 2.75) is 19.8 Å². The lowest BCUT2D eigenvalue weighted by Gasteiger charge is -2.07. The summed E-state index contributed by atoms with van der Waals surface area (Å²) >= 11 is 0. The summed E-state index contributed by atoms with van der Waals surface area (Å²) < 4.78 is 0. The van der Waals surface area contributed by atoms with Gasteiger partial charge in [-0.2, -0.15) is 0 Å². The monoisotopic (exact) mass is 389 g/mol. The number of rotatable bonds is 7. The minimum atomic E-state index is -0.296. The molecule has 29 heavy (non-hydrogen) atoms. The van der Waals surface area contributed by atoms with E-state index < -0.39 is 0 Å². The molecular formula is C23H23N3O3. The minimum absolute atomic E-state index is 0.0190. The Hall–Kier alpha value is -3.41. The lowest BCUT2D eigenvalue weighted by atomic mass is 10.1. The number of carbonyl (C=O) groups excluding carboxylic acids is 3. The summed E-state index contributed by atoms with van der Waals surface area (Å²) in [6, 6.07) is 14.8. The zero-order valence-corrected chi connectivity index (χ0v) is 16.2. The first kappa shape index (κ1) is 18.9. The van der Waals surface area contributed by atoms with Gasteiger partial charge in [0.05, 0.1) is 11.8 Å². The number of H-pyrrole nitrogens is 1. The Morgan fingerprint density at radius 2 is 1.72 bits per heavy atom. The van der Waals surface area contributed by atoms with Crippen LogP contribution < -0.4 is 10.6 Å². The average molecular weight is 389 g/mol. The van der Waals surface area contributed by atoms with Gasteiger partial charge in [-0.25, -0.2) is 0 Å². The molecule has 0 saturated heterocycles. The van der Waals surface area contributed by atoms with Gasteiger partial charge in [-0.1, -0.05) is 18.2 Å². The maximum atomic E-state index is 12.4. The molecule has 1 aliphatic carbocycles. The quantitative estimate of drug-likeness (QED) is 0.542. The van der Waals surface area contributed by atoms with E-state index in [0.717, 1.165) is 11.9 Å². The highest BCUT2D eigenvalue weighted by Crippen LogP contribution is 2.39. The molecule has 1 aromatic heterocycles. The third kappa shape index (κ3) is 4.21. The number of ketones is 1. The Labute approximate surface area is 168 Å². The van der Waals surface area contributed by atoms with E-state index in [0.29, 0.717) is 24.2 Å². The van der Waals surface area contributed by atoms with Gasteiger partial charge in [0, 0.05) is 34.9 Å². The van der Waals surface area contributed by atoms with Crippen molar-refractivity contribution in [3.05, 3.63) is 65.9 Å². The lowest BCUT2D eigenvalue weighted by molar-refractivity contribution is -0.125. The molecule has 2 unspecified atom stereocenters. The summed E-state index contributed by atoms with van der Waals surface area (Å²) in [5.74, 6) is -0.811. The molecule has 2 atom stereocenters. The van der Waals surface area contributed by atoms with Crippen LogP contribution >= 0.6 is 0 Å². The van der Waals surface area contributed by atoms with Crippen molar-refractivity contribution < 1.29 is 14.4 Å². The maximum absolute atomic E-state index is 12.4. The normalized spacial score (nSPS) is 17.7. The molecule has 6 heteroatoms. The number of Topliss-reactive ketones (excluding diaryl/α,β-unsaturated/α-hetero) is 1. The average Bonchev–Trinajstić information content (AvgIpc) is 3.43. The van der Waals surface area contributed by atoms with Gasteiger partial charge in [0.15, 0.2) is 5.78 Å². The molecule has 4 rings (SSSR count). The summed E-state index contributed by atoms with van der Waals surface area (Å²) in [6.07, 6.45) is 3.28. The zero-order valence-electron chi connectivity index (χ0n) is 16.2. The van der Waals surface area contributed by atoms with Crippen molar-refractivity contribution in [2.24, 2.45) is 11.8 Å². The number of hydrogen-bond donors (Lipinski definition) is 3. The third-order valence-corrected chi connectivity index (χ3v) is 5.39. The first-order valence-corrected chi connectivity index (χ1v) is 9.77. The van der Waals surface area contributed by atoms with Crippen LogP contribution in [0.3, 0.4) is 0 Å². The van der Waals surface area contributed by atoms with Crippen LogP contribution in [0.4, 0.5) is 5.69 Å². The summed E-state index contributed by atoms with van der Waals surface area (Å²) in [5, 5.41) is 6.93. The Kier molecular flexibility index (Phi) is 5.16. The molecule has 148 valence electrons. The van der Waals surface area contributed by atoms with Crippen LogP contribution in [-0.4, -0.2) is 29.1 Å². The van der Waals surface area contributed by atoms with Crippen molar-refractivity contribution in [3.63, 3.8) is 0 Å². The molecular weight excluding hydrogens is 366 g/mol. The standard InChI is InChI=1S/C23H23N3O3/c1-14(27)15-6-8-17(9-7-15)26-23(29)20-12-19(20)22(28)24-11-10-16-13-25-21-5-3-2-4-18(16)21/h2-9,13,19-20,25H,10-12H2,1H3,(H,24,28)(H,26,29). The van der Waals surface area contributed by atoms with E-state index >= 15 is 0 Å². The molecule has 1 fully saturated rings. The van der Waals surface area contributed by atoms with Gasteiger partial charge in [0.1, 0.15) is 0 Å². The van der Waals surface area contributed by atoms with Crippen LogP contribution in [0.5, 0.6) is 0 Å². The second-order valence-corrected chi connectivity index (χ2v) is 7.47. The van der Waals surface area contributed by atoms with Crippen LogP contribution in [0.1, 0.15) is 29.3 Å². The Morgan fingerprint density at radius 1 is 1.00 bits per heavy atom. The fourth-order valence-electron chi connectivity index (χ4n) is 3.59. The van der Waals surface area contributed by atoms with Crippen molar-refractivity contribution in [2.75, 3.05) is 11.9 Å². The molecule has 3 aromatic rings. The number of benzene rings is 2. The van der Waals surface area contributed by atoms with Crippen molar-refractivity contribution >= 4 is 34.2 Å². The van der Waals surface area contributed by atoms with Gasteiger partial charge in [-0.15, -0.1) is 0 Å². The topological polar surface area (TPSA) is 91.1 Å². The molecule has 0 aliphatic heterocycles. The number of aromatic nitrogens is 1. The molecule has 6 nitrogen and oxygen atoms in total. The van der Waals surface area contributed by atoms with E-state index in [9.17, 15) is 14.4 Å².